The molecule has 2 aromatic rings. The second-order valence-corrected chi connectivity index (χ2v) is 10.1. The number of nitrogens with one attached hydrogen (secondary N) is 2. The van der Waals surface area contributed by atoms with Gasteiger partial charge >= 0.3 is 24.3 Å². The van der Waals surface area contributed by atoms with Gasteiger partial charge in [-0.2, -0.15) is 13.2 Å². The minimum absolute atomic E-state index is 0.0167. The van der Waals surface area contributed by atoms with E-state index in [2.05, 4.69) is 10.6 Å². The molecule has 2 aliphatic rings. The van der Waals surface area contributed by atoms with Crippen LogP contribution in [-0.4, -0.2) is 97.4 Å². The topological polar surface area (TPSA) is 201 Å². The second-order valence-electron chi connectivity index (χ2n) is 10.1. The smallest absolute Gasteiger partial charge is 0.475 e. The summed E-state index contributed by atoms with van der Waals surface area (Å²) >= 11 is 0. The third-order valence-corrected chi connectivity index (χ3v) is 6.63. The highest BCUT2D eigenvalue weighted by Crippen LogP contribution is 2.33. The van der Waals surface area contributed by atoms with Crippen molar-refractivity contribution in [1.29, 1.82) is 0 Å². The minimum atomic E-state index is -5.08. The van der Waals surface area contributed by atoms with Crippen LogP contribution < -0.4 is 26.2 Å². The van der Waals surface area contributed by atoms with E-state index in [1.54, 1.807) is 0 Å². The number of carbonyl (C=O) groups excluding carboxylic acids is 4. The van der Waals surface area contributed by atoms with Gasteiger partial charge in [0, 0.05) is 18.1 Å². The lowest BCUT2D eigenvalue weighted by molar-refractivity contribution is -0.192. The van der Waals surface area contributed by atoms with Gasteiger partial charge in [-0.15, -0.1) is 0 Å². The van der Waals surface area contributed by atoms with E-state index in [1.807, 2.05) is 0 Å². The van der Waals surface area contributed by atoms with Crippen LogP contribution in [0.4, 0.5) is 42.9 Å². The molecule has 3 atom stereocenters. The molecule has 2 heterocycles. The fraction of sp³-hybridized carbons (Fsp3) is 0.393. The van der Waals surface area contributed by atoms with Gasteiger partial charge in [0.1, 0.15) is 29.9 Å². The molecule has 4 rings (SSSR count). The Kier molecular flexibility index (Phi) is 12.0. The summed E-state index contributed by atoms with van der Waals surface area (Å²) in [4.78, 5) is 58.8. The summed E-state index contributed by atoms with van der Waals surface area (Å²) in [7, 11) is 0. The van der Waals surface area contributed by atoms with E-state index in [4.69, 9.17) is 25.1 Å². The first-order valence-electron chi connectivity index (χ1n) is 13.8. The number of hydrogen-bond acceptors (Lipinski definition) is 9. The molecule has 0 bridgehead atoms. The number of halogens is 5. The van der Waals surface area contributed by atoms with Crippen LogP contribution in [0.3, 0.4) is 0 Å². The summed E-state index contributed by atoms with van der Waals surface area (Å²) in [6.45, 7) is 1.65. The van der Waals surface area contributed by atoms with Crippen molar-refractivity contribution in [3.05, 3.63) is 48.0 Å². The van der Waals surface area contributed by atoms with Gasteiger partial charge < -0.3 is 36.1 Å². The number of aliphatic hydroxyl groups excluding tert-OH is 1. The molecular weight excluding hydrogens is 645 g/mol. The quantitative estimate of drug-likeness (QED) is 0.232. The van der Waals surface area contributed by atoms with Crippen LogP contribution in [0.25, 0.3) is 11.1 Å². The van der Waals surface area contributed by atoms with E-state index in [0.29, 0.717) is 0 Å². The molecule has 14 nitrogen and oxygen atoms in total. The number of carbonyl (C=O) groups is 5. The van der Waals surface area contributed by atoms with Gasteiger partial charge in [0.05, 0.1) is 37.6 Å². The van der Waals surface area contributed by atoms with Crippen molar-refractivity contribution in [2.75, 3.05) is 42.5 Å². The molecule has 0 radical (unpaired) electrons. The second kappa shape index (κ2) is 15.5. The number of hydrogen-bond donors (Lipinski definition) is 5. The zero-order valence-electron chi connectivity index (χ0n) is 24.6. The van der Waals surface area contributed by atoms with Crippen LogP contribution in [-0.2, 0) is 23.9 Å². The molecular formula is C28H30F5N5O9. The van der Waals surface area contributed by atoms with E-state index in [0.717, 1.165) is 12.1 Å². The Morgan fingerprint density at radius 3 is 1.70 bits per heavy atom. The molecule has 4 amide bonds. The van der Waals surface area contributed by atoms with Gasteiger partial charge in [0.25, 0.3) is 0 Å². The first kappa shape index (κ1) is 36.4. The molecule has 2 aliphatic heterocycles. The molecule has 0 aromatic heterocycles. The fourth-order valence-electron chi connectivity index (χ4n) is 4.34. The number of ether oxygens (including phenoxy) is 2. The van der Waals surface area contributed by atoms with Crippen molar-refractivity contribution >= 4 is 41.3 Å². The normalized spacial score (nSPS) is 18.1. The number of benzene rings is 2. The largest absolute Gasteiger partial charge is 0.490 e. The molecule has 0 spiro atoms. The molecule has 2 aromatic carbocycles. The number of cyclic esters (lactones) is 2. The van der Waals surface area contributed by atoms with Gasteiger partial charge in [-0.3, -0.25) is 19.4 Å². The van der Waals surface area contributed by atoms with Crippen LogP contribution in [0.15, 0.2) is 36.4 Å². The van der Waals surface area contributed by atoms with E-state index >= 15 is 8.78 Å². The average molecular weight is 676 g/mol. The highest BCUT2D eigenvalue weighted by molar-refractivity contribution is 5.91. The number of carboxylic acids is 1. The summed E-state index contributed by atoms with van der Waals surface area (Å²) < 4.78 is 72.3. The SMILES string of the molecule is CC(=O)NC[C@H]1CN(c2ccc(-c3ccc(N4C[C@H](CNC(=O)[C@@H](O)CCN)OC4=O)cc3F)c(F)c2)C(=O)O1.O=C(O)C(F)(F)F. The standard InChI is InChI=1S/C26H29F2N5O7.C2HF3O2/c1-14(34)30-10-17-12-32(25(37)39-17)15-2-4-19(21(27)8-15)20-5-3-16(9-22(20)28)33-13-18(40-26(33)38)11-31-24(36)23(35)6-7-29;3-2(4,5)1(6)7/h2-5,8-9,17-18,23,35H,6-7,10-13,29H2,1H3,(H,30,34)(H,31,36);(H,6,7)/t17-,18-,23-;/m0./s1. The monoisotopic (exact) mass is 675 g/mol. The van der Waals surface area contributed by atoms with E-state index < -0.39 is 60.2 Å². The maximum absolute atomic E-state index is 15.1. The molecule has 6 N–H and O–H groups in total. The third-order valence-electron chi connectivity index (χ3n) is 6.63. The Labute approximate surface area is 263 Å². The highest BCUT2D eigenvalue weighted by Gasteiger charge is 2.38. The van der Waals surface area contributed by atoms with Gasteiger partial charge in [-0.25, -0.2) is 23.2 Å². The lowest BCUT2D eigenvalue weighted by Crippen LogP contribution is -2.40. The van der Waals surface area contributed by atoms with E-state index in [-0.39, 0.29) is 67.6 Å². The molecule has 2 saturated heterocycles. The van der Waals surface area contributed by atoms with Crippen molar-refractivity contribution in [2.45, 2.75) is 37.8 Å². The number of rotatable bonds is 10. The van der Waals surface area contributed by atoms with Gasteiger partial charge in [0.2, 0.25) is 11.8 Å². The number of aliphatic carboxylic acids is 1. The predicted octanol–water partition coefficient (Wildman–Crippen LogP) is 1.88. The van der Waals surface area contributed by atoms with Crippen molar-refractivity contribution in [2.24, 2.45) is 5.73 Å². The Morgan fingerprint density at radius 1 is 0.915 bits per heavy atom. The van der Waals surface area contributed by atoms with Crippen LogP contribution in [0.5, 0.6) is 0 Å². The van der Waals surface area contributed by atoms with E-state index in [1.165, 1.54) is 41.0 Å². The van der Waals surface area contributed by atoms with Crippen LogP contribution >= 0.6 is 0 Å². The number of amides is 4. The van der Waals surface area contributed by atoms with E-state index in [9.17, 15) is 37.5 Å². The number of anilines is 2. The maximum Gasteiger partial charge on any atom is 0.490 e. The number of aliphatic hydroxyl groups is 1. The van der Waals surface area contributed by atoms with Gasteiger partial charge in [0.15, 0.2) is 0 Å². The Bertz CT molecular complexity index is 1510. The minimum Gasteiger partial charge on any atom is -0.475 e. The molecule has 0 unspecified atom stereocenters. The first-order chi connectivity index (χ1) is 22.0. The molecule has 0 aliphatic carbocycles. The molecule has 2 fully saturated rings. The van der Waals surface area contributed by atoms with Crippen LogP contribution in [0.1, 0.15) is 13.3 Å². The predicted molar refractivity (Wildman–Crippen MR) is 152 cm³/mol. The zero-order valence-corrected chi connectivity index (χ0v) is 24.6. The fourth-order valence-corrected chi connectivity index (χ4v) is 4.34. The number of alkyl halides is 3. The summed E-state index contributed by atoms with van der Waals surface area (Å²) in [6.07, 6.45) is -9.04. The van der Waals surface area contributed by atoms with Crippen LogP contribution in [0, 0.1) is 11.6 Å². The molecule has 19 heteroatoms. The van der Waals surface area contributed by atoms with Crippen molar-refractivity contribution in [1.82, 2.24) is 10.6 Å². The highest BCUT2D eigenvalue weighted by atomic mass is 19.4. The molecule has 256 valence electrons. The molecule has 47 heavy (non-hydrogen) atoms. The Balaban J connectivity index is 0.000000771. The van der Waals surface area contributed by atoms with Gasteiger partial charge in [-0.1, -0.05) is 0 Å². The van der Waals surface area contributed by atoms with Crippen molar-refractivity contribution in [3.8, 4) is 11.1 Å². The van der Waals surface area contributed by atoms with Crippen molar-refractivity contribution < 1.29 is 65.6 Å². The Morgan fingerprint density at radius 2 is 1.34 bits per heavy atom. The van der Waals surface area contributed by atoms with Gasteiger partial charge in [-0.05, 0) is 49.4 Å². The summed E-state index contributed by atoms with van der Waals surface area (Å²) in [5.74, 6) is -5.25. The number of carboxylic acid groups (broad SMARTS) is 1. The summed E-state index contributed by atoms with van der Waals surface area (Å²) in [5.41, 5.74) is 5.57. The average Bonchev–Trinajstić information content (AvgIpc) is 3.56. The summed E-state index contributed by atoms with van der Waals surface area (Å²) in [5, 5.41) is 21.8. The van der Waals surface area contributed by atoms with Crippen molar-refractivity contribution in [3.63, 3.8) is 0 Å². The third kappa shape index (κ3) is 9.72. The lowest BCUT2D eigenvalue weighted by atomic mass is 10.0. The Hall–Kier alpha value is -5.04. The van der Waals surface area contributed by atoms with Crippen LogP contribution in [0.2, 0.25) is 0 Å². The maximum atomic E-state index is 15.1. The summed E-state index contributed by atoms with van der Waals surface area (Å²) in [6, 6.07) is 7.70. The lowest BCUT2D eigenvalue weighted by Gasteiger charge is -2.16. The molecule has 0 saturated carbocycles. The zero-order chi connectivity index (χ0) is 35.1. The number of nitrogens with two attached hydrogens (primary N) is 1. The number of nitrogens with zero attached hydrogens (tertiary/aromatic N) is 2. The first-order valence-corrected chi connectivity index (χ1v) is 13.8.